The maximum Gasteiger partial charge on any atom is 0.361 e. The second-order valence-electron chi connectivity index (χ2n) is 30.8. The Morgan fingerprint density at radius 2 is 0.524 bits per heavy atom. The molecule has 0 aliphatic carbocycles. The van der Waals surface area contributed by atoms with Gasteiger partial charge in [-0.3, -0.25) is 9.59 Å². The number of hydrogen-bond acceptors (Lipinski definition) is 7. The highest BCUT2D eigenvalue weighted by Crippen LogP contribution is 2.20. The molecule has 0 amide bonds. The van der Waals surface area contributed by atoms with E-state index >= 15 is 0 Å². The summed E-state index contributed by atoms with van der Waals surface area (Å²) >= 11 is 0. The molecule has 0 aromatic carbocycles. The summed E-state index contributed by atoms with van der Waals surface area (Å²) < 4.78 is 23.1. The van der Waals surface area contributed by atoms with E-state index in [2.05, 4.69) is 123 Å². The van der Waals surface area contributed by atoms with E-state index in [9.17, 15) is 19.5 Å². The number of carboxylic acids is 1. The van der Waals surface area contributed by atoms with Crippen LogP contribution in [0.3, 0.4) is 0 Å². The number of carbonyl (C=O) groups excluding carboxylic acids is 2. The van der Waals surface area contributed by atoms with Crippen LogP contribution in [-0.2, 0) is 33.3 Å². The highest BCUT2D eigenvalue weighted by atomic mass is 16.7. The summed E-state index contributed by atoms with van der Waals surface area (Å²) in [4.78, 5) is 37.8. The molecule has 2 unspecified atom stereocenters. The van der Waals surface area contributed by atoms with Crippen molar-refractivity contribution in [3.05, 3.63) is 109 Å². The first-order valence-electron chi connectivity index (χ1n) is 44.1. The van der Waals surface area contributed by atoms with Crippen molar-refractivity contribution in [1.82, 2.24) is 0 Å². The molecule has 1 N–H and O–H groups in total. The van der Waals surface area contributed by atoms with Gasteiger partial charge in [0.1, 0.15) is 13.2 Å². The van der Waals surface area contributed by atoms with Crippen LogP contribution in [0.5, 0.6) is 0 Å². The Balaban J connectivity index is 3.92. The average molecular weight is 1440 g/mol. The van der Waals surface area contributed by atoms with Crippen molar-refractivity contribution in [3.63, 3.8) is 0 Å². The van der Waals surface area contributed by atoms with Gasteiger partial charge in [0, 0.05) is 12.8 Å². The fourth-order valence-electron chi connectivity index (χ4n) is 12.9. The second kappa shape index (κ2) is 83.6. The summed E-state index contributed by atoms with van der Waals surface area (Å²) in [5, 5.41) is 9.79. The molecule has 0 aromatic rings. The van der Waals surface area contributed by atoms with Crippen LogP contribution in [0, 0.1) is 0 Å². The third kappa shape index (κ3) is 85.1. The van der Waals surface area contributed by atoms with Crippen LogP contribution in [0.2, 0.25) is 0 Å². The number of quaternary nitrogens is 1. The SMILES string of the molecule is CC/C=C\C/C=C\C/C=C\C/C=C\C/C=C\CCCCCCCCCCCCCCCCCCCCCCCC(=O)OC(COC(=O)CCCCCCCCCCCCCCCCCCCCCCCCCCCCCC/C=C\C/C=C\C/C=C\C/C=C\CC)COC(OCC[N+](C)(C)C)C(=O)O. The second-order valence-corrected chi connectivity index (χ2v) is 30.8. The molecule has 0 fully saturated rings. The zero-order valence-corrected chi connectivity index (χ0v) is 68.5. The molecule has 0 saturated heterocycles. The van der Waals surface area contributed by atoms with Gasteiger partial charge in [0.15, 0.2) is 6.10 Å². The minimum absolute atomic E-state index is 0.178. The van der Waals surface area contributed by atoms with Crippen molar-refractivity contribution < 1.29 is 42.9 Å². The average Bonchev–Trinajstić information content (AvgIpc) is 1.16. The highest BCUT2D eigenvalue weighted by Gasteiger charge is 2.25. The van der Waals surface area contributed by atoms with Gasteiger partial charge in [-0.05, 0) is 96.3 Å². The molecule has 0 radical (unpaired) electrons. The van der Waals surface area contributed by atoms with Gasteiger partial charge in [-0.2, -0.15) is 0 Å². The normalized spacial score (nSPS) is 13.1. The van der Waals surface area contributed by atoms with Gasteiger partial charge in [0.05, 0.1) is 34.4 Å². The number of rotatable bonds is 82. The van der Waals surface area contributed by atoms with Crippen LogP contribution in [-0.4, -0.2) is 87.4 Å². The van der Waals surface area contributed by atoms with Crippen molar-refractivity contribution in [2.75, 3.05) is 47.5 Å². The van der Waals surface area contributed by atoms with Crippen LogP contribution in [0.15, 0.2) is 109 Å². The maximum absolute atomic E-state index is 13.0. The van der Waals surface area contributed by atoms with Gasteiger partial charge in [-0.1, -0.05) is 412 Å². The Kier molecular flexibility index (Phi) is 80.3. The standard InChI is InChI=1S/C94H167NO8/c1-6-8-10-12-14-16-18-20-22-24-26-28-30-32-34-36-38-40-42-44-45-46-47-49-50-52-54-56-58-60-62-64-66-68-70-72-74-76-78-80-82-84-91(96)101-88-90(89-102-94(93(98)99)100-87-86-95(3,4)5)103-92(97)85-83-81-79-77-75-73-71-69-67-65-63-61-59-57-55-53-51-48-43-41-39-37-35-33-31-29-27-25-23-21-19-17-15-13-11-9-7-2/h8-11,14-17,20-23,26-29,33,35,90,94H,6-7,12-13,18-19,24-25,30-32,34,36-89H2,1-5H3/p+1/b10-8-,11-9-,16-14-,17-15-,22-20-,23-21-,28-26-,29-27-,35-33-. The molecule has 0 aliphatic heterocycles. The van der Waals surface area contributed by atoms with E-state index in [4.69, 9.17) is 18.9 Å². The summed E-state index contributed by atoms with van der Waals surface area (Å²) in [6, 6.07) is 0. The predicted molar refractivity (Wildman–Crippen MR) is 447 cm³/mol. The number of likely N-dealkylation sites (N-methyl/N-ethyl adjacent to an activating group) is 1. The lowest BCUT2D eigenvalue weighted by atomic mass is 10.0. The monoisotopic (exact) mass is 1440 g/mol. The lowest BCUT2D eigenvalue weighted by molar-refractivity contribution is -0.870. The molecular formula is C94H168NO8+. The third-order valence-electron chi connectivity index (χ3n) is 19.5. The number of esters is 2. The van der Waals surface area contributed by atoms with Gasteiger partial charge < -0.3 is 28.5 Å². The van der Waals surface area contributed by atoms with Crippen LogP contribution in [0.1, 0.15) is 412 Å². The molecule has 0 aromatic heterocycles. The minimum atomic E-state index is -1.51. The molecule has 0 spiro atoms. The van der Waals surface area contributed by atoms with Crippen molar-refractivity contribution in [3.8, 4) is 0 Å². The largest absolute Gasteiger partial charge is 0.477 e. The molecule has 103 heavy (non-hydrogen) atoms. The quantitative estimate of drug-likeness (QED) is 0.0211. The first kappa shape index (κ1) is 98.9. The lowest BCUT2D eigenvalue weighted by Crippen LogP contribution is -2.40. The summed E-state index contributed by atoms with van der Waals surface area (Å²) in [5.74, 6) is -1.98. The summed E-state index contributed by atoms with van der Waals surface area (Å²) in [6.45, 7) is 4.71. The number of nitrogens with zero attached hydrogens (tertiary/aromatic N) is 1. The van der Waals surface area contributed by atoms with Crippen molar-refractivity contribution in [1.29, 1.82) is 0 Å². The third-order valence-corrected chi connectivity index (χ3v) is 19.5. The summed E-state index contributed by atoms with van der Waals surface area (Å²) in [5.41, 5.74) is 0. The van der Waals surface area contributed by atoms with Gasteiger partial charge in [-0.15, -0.1) is 0 Å². The van der Waals surface area contributed by atoms with Gasteiger partial charge in [0.25, 0.3) is 6.29 Å². The molecule has 596 valence electrons. The molecule has 9 heteroatoms. The highest BCUT2D eigenvalue weighted by molar-refractivity contribution is 5.71. The first-order valence-corrected chi connectivity index (χ1v) is 44.1. The van der Waals surface area contributed by atoms with E-state index in [0.717, 1.165) is 96.3 Å². The van der Waals surface area contributed by atoms with E-state index in [1.54, 1.807) is 0 Å². The molecular weight excluding hydrogens is 1270 g/mol. The zero-order chi connectivity index (χ0) is 74.6. The topological polar surface area (TPSA) is 108 Å². The zero-order valence-electron chi connectivity index (χ0n) is 68.5. The number of unbranched alkanes of at least 4 members (excludes halogenated alkanes) is 49. The molecule has 0 heterocycles. The van der Waals surface area contributed by atoms with Gasteiger partial charge in [-0.25, -0.2) is 4.79 Å². The molecule has 0 aliphatic rings. The minimum Gasteiger partial charge on any atom is -0.477 e. The lowest BCUT2D eigenvalue weighted by Gasteiger charge is -2.25. The number of ether oxygens (including phenoxy) is 4. The van der Waals surface area contributed by atoms with E-state index in [1.807, 2.05) is 21.1 Å². The fourth-order valence-corrected chi connectivity index (χ4v) is 12.9. The Morgan fingerprint density at radius 3 is 0.777 bits per heavy atom. The Bertz CT molecular complexity index is 2070. The molecule has 0 bridgehead atoms. The van der Waals surface area contributed by atoms with Crippen LogP contribution >= 0.6 is 0 Å². The van der Waals surface area contributed by atoms with Crippen LogP contribution < -0.4 is 0 Å². The van der Waals surface area contributed by atoms with E-state index in [1.165, 1.54) is 289 Å². The number of allylic oxidation sites excluding steroid dienone is 18. The Morgan fingerprint density at radius 1 is 0.291 bits per heavy atom. The molecule has 9 nitrogen and oxygen atoms in total. The van der Waals surface area contributed by atoms with E-state index in [-0.39, 0.29) is 38.2 Å². The van der Waals surface area contributed by atoms with Gasteiger partial charge in [0.2, 0.25) is 0 Å². The first-order chi connectivity index (χ1) is 50.6. The Labute approximate surface area is 638 Å². The van der Waals surface area contributed by atoms with Crippen molar-refractivity contribution >= 4 is 17.9 Å². The molecule has 2 atom stereocenters. The van der Waals surface area contributed by atoms with Crippen molar-refractivity contribution in [2.45, 2.75) is 424 Å². The smallest absolute Gasteiger partial charge is 0.361 e. The van der Waals surface area contributed by atoms with Crippen LogP contribution in [0.4, 0.5) is 0 Å². The van der Waals surface area contributed by atoms with Crippen molar-refractivity contribution in [2.24, 2.45) is 0 Å². The molecule has 0 saturated carbocycles. The summed E-state index contributed by atoms with van der Waals surface area (Å²) in [7, 11) is 6.00. The van der Waals surface area contributed by atoms with E-state index < -0.39 is 18.4 Å². The van der Waals surface area contributed by atoms with Gasteiger partial charge >= 0.3 is 17.9 Å². The number of hydrogen-bond donors (Lipinski definition) is 1. The number of carboxylic acid groups (broad SMARTS) is 1. The number of aliphatic carboxylic acids is 1. The summed E-state index contributed by atoms with van der Waals surface area (Å²) in [6.07, 6.45) is 116. The number of carbonyl (C=O) groups is 3. The van der Waals surface area contributed by atoms with Crippen LogP contribution in [0.25, 0.3) is 0 Å². The Hall–Kier alpha value is -4.05. The van der Waals surface area contributed by atoms with E-state index in [0.29, 0.717) is 17.4 Å². The molecule has 0 rings (SSSR count). The predicted octanol–water partition coefficient (Wildman–Crippen LogP) is 28.8. The maximum atomic E-state index is 13.0. The fraction of sp³-hybridized carbons (Fsp3) is 0.777.